The molecule has 7 aromatic rings. The summed E-state index contributed by atoms with van der Waals surface area (Å²) in [5, 5.41) is 0. The summed E-state index contributed by atoms with van der Waals surface area (Å²) in [6.07, 6.45) is 1.87. The summed E-state index contributed by atoms with van der Waals surface area (Å²) in [5.41, 5.74) is 16.7. The molecule has 2 heteroatoms. The zero-order chi connectivity index (χ0) is 29.5. The molecule has 0 radical (unpaired) electrons. The minimum atomic E-state index is -0.355. The Kier molecular flexibility index (Phi) is 5.20. The van der Waals surface area contributed by atoms with Crippen LogP contribution in [0.2, 0.25) is 0 Å². The van der Waals surface area contributed by atoms with Gasteiger partial charge in [0.05, 0.1) is 28.3 Å². The standard InChI is InChI=1S/C42H30N2/c1-41(2)34-13-5-7-15-36(34)42(37-16-8-6-14-35(37)41)32-12-4-3-11-30(32)31-25-29(23-24-33(31)42)27-19-21-28(22-20-27)40-26-43-38-17-9-10-18-39(38)44-40/h3-26H,1-2H3. The van der Waals surface area contributed by atoms with Crippen LogP contribution in [-0.2, 0) is 10.8 Å². The molecule has 0 unspecified atom stereocenters. The smallest absolute Gasteiger partial charge is 0.0894 e. The minimum Gasteiger partial charge on any atom is -0.252 e. The summed E-state index contributed by atoms with van der Waals surface area (Å²) in [4.78, 5) is 9.47. The lowest BCUT2D eigenvalue weighted by molar-refractivity contribution is 0.563. The Morgan fingerprint density at radius 3 is 1.66 bits per heavy atom. The summed E-state index contributed by atoms with van der Waals surface area (Å²) >= 11 is 0. The van der Waals surface area contributed by atoms with Gasteiger partial charge in [-0.2, -0.15) is 0 Å². The second kappa shape index (κ2) is 9.08. The lowest BCUT2D eigenvalue weighted by Crippen LogP contribution is -2.40. The molecule has 1 aromatic heterocycles. The fourth-order valence-corrected chi connectivity index (χ4v) is 7.97. The number of fused-ring (bicyclic) bond motifs is 10. The number of para-hydroxylation sites is 2. The first-order valence-corrected chi connectivity index (χ1v) is 15.3. The number of hydrogen-bond donors (Lipinski definition) is 0. The van der Waals surface area contributed by atoms with Gasteiger partial charge < -0.3 is 0 Å². The van der Waals surface area contributed by atoms with Crippen LogP contribution >= 0.6 is 0 Å². The molecule has 2 nitrogen and oxygen atoms in total. The molecule has 0 bridgehead atoms. The van der Waals surface area contributed by atoms with Crippen molar-refractivity contribution in [2.24, 2.45) is 0 Å². The van der Waals surface area contributed by atoms with Crippen LogP contribution in [0.25, 0.3) is 44.5 Å². The molecule has 9 rings (SSSR count). The average Bonchev–Trinajstić information content (AvgIpc) is 3.38. The molecule has 0 aliphatic heterocycles. The monoisotopic (exact) mass is 562 g/mol. The molecule has 0 fully saturated rings. The maximum atomic E-state index is 4.85. The van der Waals surface area contributed by atoms with Crippen LogP contribution in [0.15, 0.2) is 146 Å². The van der Waals surface area contributed by atoms with E-state index in [2.05, 4.69) is 134 Å². The highest BCUT2D eigenvalue weighted by Gasteiger charge is 2.53. The quantitative estimate of drug-likeness (QED) is 0.210. The summed E-state index contributed by atoms with van der Waals surface area (Å²) in [7, 11) is 0. The second-order valence-electron chi connectivity index (χ2n) is 12.6. The number of aromatic nitrogens is 2. The Balaban J connectivity index is 1.22. The van der Waals surface area contributed by atoms with Gasteiger partial charge in [0.1, 0.15) is 0 Å². The molecule has 0 amide bonds. The number of rotatable bonds is 2. The molecule has 0 N–H and O–H groups in total. The molecular formula is C42H30N2. The van der Waals surface area contributed by atoms with E-state index in [1.807, 2.05) is 30.5 Å². The van der Waals surface area contributed by atoms with E-state index in [0.717, 1.165) is 22.3 Å². The number of nitrogens with zero attached hydrogens (tertiary/aromatic N) is 2. The number of benzene rings is 6. The van der Waals surface area contributed by atoms with Gasteiger partial charge in [-0.15, -0.1) is 0 Å². The van der Waals surface area contributed by atoms with Crippen molar-refractivity contribution in [3.63, 3.8) is 0 Å². The molecule has 6 aromatic carbocycles. The van der Waals surface area contributed by atoms with Crippen LogP contribution in [-0.4, -0.2) is 9.97 Å². The third kappa shape index (κ3) is 3.31. The van der Waals surface area contributed by atoms with Gasteiger partial charge >= 0.3 is 0 Å². The van der Waals surface area contributed by atoms with Crippen molar-refractivity contribution in [2.45, 2.75) is 24.7 Å². The van der Waals surface area contributed by atoms with Gasteiger partial charge in [-0.1, -0.05) is 135 Å². The van der Waals surface area contributed by atoms with Gasteiger partial charge in [0.25, 0.3) is 0 Å². The van der Waals surface area contributed by atoms with Crippen molar-refractivity contribution >= 4 is 11.0 Å². The molecule has 2 aliphatic rings. The first-order chi connectivity index (χ1) is 21.6. The molecule has 1 heterocycles. The fraction of sp³-hybridized carbons (Fsp3) is 0.0952. The molecule has 208 valence electrons. The third-order valence-electron chi connectivity index (χ3n) is 10.0. The van der Waals surface area contributed by atoms with Crippen LogP contribution in [0.3, 0.4) is 0 Å². The molecule has 0 saturated heterocycles. The van der Waals surface area contributed by atoms with Crippen molar-refractivity contribution in [2.75, 3.05) is 0 Å². The molecule has 2 aliphatic carbocycles. The molecule has 44 heavy (non-hydrogen) atoms. The van der Waals surface area contributed by atoms with E-state index in [9.17, 15) is 0 Å². The van der Waals surface area contributed by atoms with Gasteiger partial charge in [0.15, 0.2) is 0 Å². The van der Waals surface area contributed by atoms with E-state index >= 15 is 0 Å². The fourth-order valence-electron chi connectivity index (χ4n) is 7.97. The van der Waals surface area contributed by atoms with E-state index in [1.165, 1.54) is 55.6 Å². The van der Waals surface area contributed by atoms with Crippen LogP contribution < -0.4 is 0 Å². The Morgan fingerprint density at radius 1 is 0.432 bits per heavy atom. The molecule has 0 saturated carbocycles. The van der Waals surface area contributed by atoms with Crippen LogP contribution in [0.5, 0.6) is 0 Å². The topological polar surface area (TPSA) is 25.8 Å². The van der Waals surface area contributed by atoms with Gasteiger partial charge in [0, 0.05) is 11.0 Å². The first kappa shape index (κ1) is 25.2. The van der Waals surface area contributed by atoms with Crippen molar-refractivity contribution < 1.29 is 0 Å². The van der Waals surface area contributed by atoms with E-state index < -0.39 is 0 Å². The lowest BCUT2D eigenvalue weighted by atomic mass is 9.55. The van der Waals surface area contributed by atoms with E-state index in [1.54, 1.807) is 0 Å². The summed E-state index contributed by atoms with van der Waals surface area (Å²) < 4.78 is 0. The van der Waals surface area contributed by atoms with Gasteiger partial charge in [0.2, 0.25) is 0 Å². The number of hydrogen-bond acceptors (Lipinski definition) is 2. The molecular weight excluding hydrogens is 532 g/mol. The average molecular weight is 563 g/mol. The highest BCUT2D eigenvalue weighted by atomic mass is 14.8. The maximum Gasteiger partial charge on any atom is 0.0894 e. The van der Waals surface area contributed by atoms with E-state index in [4.69, 9.17) is 4.98 Å². The van der Waals surface area contributed by atoms with Crippen molar-refractivity contribution in [1.29, 1.82) is 0 Å². The van der Waals surface area contributed by atoms with Crippen LogP contribution in [0, 0.1) is 0 Å². The SMILES string of the molecule is CC1(C)c2ccccc2C2(c3ccccc3-c3cc(-c4ccc(-c5cnc6ccccc6n5)cc4)ccc32)c2ccccc21. The Hall–Kier alpha value is -5.34. The highest BCUT2D eigenvalue weighted by Crippen LogP contribution is 2.62. The summed E-state index contributed by atoms with van der Waals surface area (Å²) in [6.45, 7) is 4.74. The van der Waals surface area contributed by atoms with Gasteiger partial charge in [-0.05, 0) is 73.8 Å². The minimum absolute atomic E-state index is 0.0900. The van der Waals surface area contributed by atoms with Crippen LogP contribution in [0.4, 0.5) is 0 Å². The predicted octanol–water partition coefficient (Wildman–Crippen LogP) is 9.97. The Morgan fingerprint density at radius 2 is 0.955 bits per heavy atom. The van der Waals surface area contributed by atoms with Crippen LogP contribution in [0.1, 0.15) is 47.2 Å². The van der Waals surface area contributed by atoms with E-state index in [0.29, 0.717) is 0 Å². The predicted molar refractivity (Wildman–Crippen MR) is 180 cm³/mol. The highest BCUT2D eigenvalue weighted by molar-refractivity contribution is 5.90. The zero-order valence-corrected chi connectivity index (χ0v) is 24.8. The second-order valence-corrected chi connectivity index (χ2v) is 12.6. The molecule has 0 atom stereocenters. The maximum absolute atomic E-state index is 4.85. The largest absolute Gasteiger partial charge is 0.252 e. The zero-order valence-electron chi connectivity index (χ0n) is 24.8. The van der Waals surface area contributed by atoms with E-state index in [-0.39, 0.29) is 10.8 Å². The first-order valence-electron chi connectivity index (χ1n) is 15.3. The molecule has 1 spiro atoms. The normalized spacial score (nSPS) is 15.0. The summed E-state index contributed by atoms with van der Waals surface area (Å²) in [6, 6.07) is 51.1. The lowest BCUT2D eigenvalue weighted by Gasteiger charge is -2.46. The Bertz CT molecular complexity index is 2210. The van der Waals surface area contributed by atoms with Gasteiger partial charge in [-0.3, -0.25) is 4.98 Å². The summed E-state index contributed by atoms with van der Waals surface area (Å²) in [5.74, 6) is 0. The van der Waals surface area contributed by atoms with Gasteiger partial charge in [-0.25, -0.2) is 4.98 Å². The third-order valence-corrected chi connectivity index (χ3v) is 10.0. The van der Waals surface area contributed by atoms with Crippen molar-refractivity contribution in [1.82, 2.24) is 9.97 Å². The van der Waals surface area contributed by atoms with Crippen molar-refractivity contribution in [3.8, 4) is 33.5 Å². The van der Waals surface area contributed by atoms with Crippen molar-refractivity contribution in [3.05, 3.63) is 179 Å². The Labute approximate surface area is 257 Å².